The number of amides is 1. The molecule has 0 saturated carbocycles. The van der Waals surface area contributed by atoms with E-state index in [0.29, 0.717) is 0 Å². The highest BCUT2D eigenvalue weighted by atomic mass is 16.1. The lowest BCUT2D eigenvalue weighted by Gasteiger charge is -2.17. The molecule has 0 unspecified atom stereocenters. The fraction of sp³-hybridized carbons (Fsp3) is 0.875. The molecule has 0 aliphatic rings. The summed E-state index contributed by atoms with van der Waals surface area (Å²) in [6.07, 6.45) is 1.79. The van der Waals surface area contributed by atoms with Crippen molar-refractivity contribution in [2.24, 2.45) is 0 Å². The van der Waals surface area contributed by atoms with Gasteiger partial charge in [-0.3, -0.25) is 4.79 Å². The monoisotopic (exact) mass is 158 g/mol. The molecule has 3 nitrogen and oxygen atoms in total. The molecule has 66 valence electrons. The first kappa shape index (κ1) is 10.4. The number of nitrogens with one attached hydrogen (secondary N) is 1. The molecule has 0 rings (SSSR count). The molecule has 0 aromatic heterocycles. The first-order valence-electron chi connectivity index (χ1n) is 4.24. The topological polar surface area (TPSA) is 32.3 Å². The quantitative estimate of drug-likeness (QED) is 0.431. The van der Waals surface area contributed by atoms with Gasteiger partial charge in [0.1, 0.15) is 0 Å². The van der Waals surface area contributed by atoms with Crippen LogP contribution in [0.1, 0.15) is 20.3 Å². The minimum absolute atomic E-state index is 0.752. The van der Waals surface area contributed by atoms with Crippen LogP contribution in [-0.2, 0) is 4.79 Å². The third-order valence-electron chi connectivity index (χ3n) is 1.77. The standard InChI is InChI=1S/C8H18N2O/c1-3-10(4-2)7-5-6-9-8-11/h8H,3-7H2,1-2H3,(H,9,11). The van der Waals surface area contributed by atoms with E-state index in [1.807, 2.05) is 0 Å². The Labute approximate surface area is 68.8 Å². The molecular formula is C8H18N2O. The molecule has 0 aliphatic heterocycles. The molecule has 0 aliphatic carbocycles. The summed E-state index contributed by atoms with van der Waals surface area (Å²) >= 11 is 0. The minimum atomic E-state index is 0.752. The SMILES string of the molecule is CCN(CC)CCCNC=O. The van der Waals surface area contributed by atoms with E-state index in [-0.39, 0.29) is 0 Å². The largest absolute Gasteiger partial charge is 0.359 e. The molecule has 0 fully saturated rings. The summed E-state index contributed by atoms with van der Waals surface area (Å²) in [6, 6.07) is 0. The van der Waals surface area contributed by atoms with Crippen LogP contribution in [0, 0.1) is 0 Å². The third-order valence-corrected chi connectivity index (χ3v) is 1.77. The molecule has 0 heterocycles. The zero-order valence-corrected chi connectivity index (χ0v) is 7.47. The van der Waals surface area contributed by atoms with Gasteiger partial charge in [-0.1, -0.05) is 13.8 Å². The maximum Gasteiger partial charge on any atom is 0.207 e. The van der Waals surface area contributed by atoms with Crippen molar-refractivity contribution in [3.8, 4) is 0 Å². The lowest BCUT2D eigenvalue weighted by atomic mass is 10.3. The van der Waals surface area contributed by atoms with Crippen LogP contribution in [0.25, 0.3) is 0 Å². The molecular weight excluding hydrogens is 140 g/mol. The van der Waals surface area contributed by atoms with Gasteiger partial charge in [-0.15, -0.1) is 0 Å². The number of carbonyl (C=O) groups is 1. The van der Waals surface area contributed by atoms with Gasteiger partial charge in [-0.25, -0.2) is 0 Å². The summed E-state index contributed by atoms with van der Waals surface area (Å²) < 4.78 is 0. The molecule has 0 radical (unpaired) electrons. The molecule has 0 saturated heterocycles. The van der Waals surface area contributed by atoms with Crippen LogP contribution in [0.4, 0.5) is 0 Å². The van der Waals surface area contributed by atoms with Crippen molar-refractivity contribution in [2.75, 3.05) is 26.2 Å². The highest BCUT2D eigenvalue weighted by Gasteiger charge is 1.96. The van der Waals surface area contributed by atoms with Crippen LogP contribution >= 0.6 is 0 Å². The summed E-state index contributed by atoms with van der Waals surface area (Å²) in [5.74, 6) is 0. The third kappa shape index (κ3) is 5.85. The van der Waals surface area contributed by atoms with Crippen molar-refractivity contribution >= 4 is 6.41 Å². The molecule has 1 amide bonds. The van der Waals surface area contributed by atoms with Gasteiger partial charge < -0.3 is 10.2 Å². The van der Waals surface area contributed by atoms with Gasteiger partial charge in [-0.05, 0) is 26.1 Å². The molecule has 0 spiro atoms. The van der Waals surface area contributed by atoms with Gasteiger partial charge in [0.25, 0.3) is 0 Å². The number of hydrogen-bond donors (Lipinski definition) is 1. The van der Waals surface area contributed by atoms with Crippen molar-refractivity contribution in [3.63, 3.8) is 0 Å². The second kappa shape index (κ2) is 7.54. The van der Waals surface area contributed by atoms with Gasteiger partial charge >= 0.3 is 0 Å². The lowest BCUT2D eigenvalue weighted by molar-refractivity contribution is -0.109. The molecule has 0 aromatic carbocycles. The Balaban J connectivity index is 3.13. The Hall–Kier alpha value is -0.570. The molecule has 0 aromatic rings. The van der Waals surface area contributed by atoms with Gasteiger partial charge in [0.15, 0.2) is 0 Å². The van der Waals surface area contributed by atoms with Gasteiger partial charge in [-0.2, -0.15) is 0 Å². The van der Waals surface area contributed by atoms with E-state index in [1.165, 1.54) is 0 Å². The first-order chi connectivity index (χ1) is 5.35. The highest BCUT2D eigenvalue weighted by Crippen LogP contribution is 1.88. The van der Waals surface area contributed by atoms with Crippen molar-refractivity contribution in [2.45, 2.75) is 20.3 Å². The van der Waals surface area contributed by atoms with E-state index in [4.69, 9.17) is 0 Å². The van der Waals surface area contributed by atoms with Crippen molar-refractivity contribution in [3.05, 3.63) is 0 Å². The van der Waals surface area contributed by atoms with Gasteiger partial charge in [0, 0.05) is 6.54 Å². The van der Waals surface area contributed by atoms with Crippen LogP contribution in [-0.4, -0.2) is 37.5 Å². The van der Waals surface area contributed by atoms with E-state index < -0.39 is 0 Å². The summed E-state index contributed by atoms with van der Waals surface area (Å²) in [6.45, 7) is 8.36. The number of carbonyl (C=O) groups excluding carboxylic acids is 1. The number of nitrogens with zero attached hydrogens (tertiary/aromatic N) is 1. The van der Waals surface area contributed by atoms with Crippen molar-refractivity contribution in [1.29, 1.82) is 0 Å². The summed E-state index contributed by atoms with van der Waals surface area (Å²) in [7, 11) is 0. The average molecular weight is 158 g/mol. The smallest absolute Gasteiger partial charge is 0.207 e. The van der Waals surface area contributed by atoms with E-state index in [1.54, 1.807) is 0 Å². The van der Waals surface area contributed by atoms with E-state index >= 15 is 0 Å². The van der Waals surface area contributed by atoms with E-state index in [9.17, 15) is 4.79 Å². The molecule has 3 heteroatoms. The zero-order valence-electron chi connectivity index (χ0n) is 7.47. The fourth-order valence-corrected chi connectivity index (χ4v) is 1.00. The fourth-order valence-electron chi connectivity index (χ4n) is 1.00. The molecule has 11 heavy (non-hydrogen) atoms. The molecule has 1 N–H and O–H groups in total. The predicted molar refractivity (Wildman–Crippen MR) is 46.5 cm³/mol. The van der Waals surface area contributed by atoms with Crippen molar-refractivity contribution < 1.29 is 4.79 Å². The lowest BCUT2D eigenvalue weighted by Crippen LogP contribution is -2.26. The average Bonchev–Trinajstić information content (AvgIpc) is 2.05. The molecule has 0 atom stereocenters. The summed E-state index contributed by atoms with van der Waals surface area (Å²) in [5.41, 5.74) is 0. The van der Waals surface area contributed by atoms with E-state index in [0.717, 1.165) is 39.0 Å². The van der Waals surface area contributed by atoms with Crippen LogP contribution in [0.2, 0.25) is 0 Å². The van der Waals surface area contributed by atoms with Gasteiger partial charge in [0.05, 0.1) is 0 Å². The van der Waals surface area contributed by atoms with E-state index in [2.05, 4.69) is 24.1 Å². The number of hydrogen-bond acceptors (Lipinski definition) is 2. The van der Waals surface area contributed by atoms with Gasteiger partial charge in [0.2, 0.25) is 6.41 Å². The van der Waals surface area contributed by atoms with Crippen LogP contribution in [0.5, 0.6) is 0 Å². The Morgan fingerprint density at radius 3 is 2.45 bits per heavy atom. The maximum atomic E-state index is 9.86. The second-order valence-electron chi connectivity index (χ2n) is 2.45. The Kier molecular flexibility index (Phi) is 7.15. The predicted octanol–water partition coefficient (Wildman–Crippen LogP) is 0.464. The summed E-state index contributed by atoms with van der Waals surface area (Å²) in [5, 5.41) is 2.64. The van der Waals surface area contributed by atoms with Crippen LogP contribution < -0.4 is 5.32 Å². The molecule has 0 bridgehead atoms. The first-order valence-corrected chi connectivity index (χ1v) is 4.24. The zero-order chi connectivity index (χ0) is 8.53. The maximum absolute atomic E-state index is 9.86. The normalized spacial score (nSPS) is 10.1. The second-order valence-corrected chi connectivity index (χ2v) is 2.45. The van der Waals surface area contributed by atoms with Crippen LogP contribution in [0.3, 0.4) is 0 Å². The Morgan fingerprint density at radius 1 is 1.36 bits per heavy atom. The Bertz CT molecular complexity index is 92.1. The highest BCUT2D eigenvalue weighted by molar-refractivity contribution is 5.45. The van der Waals surface area contributed by atoms with Crippen LogP contribution in [0.15, 0.2) is 0 Å². The number of rotatable bonds is 7. The Morgan fingerprint density at radius 2 is 2.00 bits per heavy atom. The summed E-state index contributed by atoms with van der Waals surface area (Å²) in [4.78, 5) is 12.2. The van der Waals surface area contributed by atoms with Crippen molar-refractivity contribution in [1.82, 2.24) is 10.2 Å². The minimum Gasteiger partial charge on any atom is -0.359 e.